The number of hydrogen-bond acceptors (Lipinski definition) is 3. The fourth-order valence-corrected chi connectivity index (χ4v) is 8.75. The molecule has 9 rings (SSSR count). The zero-order valence-corrected chi connectivity index (χ0v) is 40.3. The third-order valence-electron chi connectivity index (χ3n) is 12.9. The van der Waals surface area contributed by atoms with Crippen LogP contribution in [-0.4, -0.2) is 14.2 Å². The lowest BCUT2D eigenvalue weighted by Gasteiger charge is -2.13. The van der Waals surface area contributed by atoms with Crippen LogP contribution < -0.4 is 9.47 Å². The second-order valence-electron chi connectivity index (χ2n) is 17.9. The van der Waals surface area contributed by atoms with E-state index in [4.69, 9.17) is 16.0 Å². The van der Waals surface area contributed by atoms with E-state index in [1.165, 1.54) is 22.3 Å². The van der Waals surface area contributed by atoms with E-state index in [0.717, 1.165) is 77.9 Å². The van der Waals surface area contributed by atoms with Gasteiger partial charge in [0.25, 0.3) is 0 Å². The molecule has 0 N–H and O–H groups in total. The first-order valence-electron chi connectivity index (χ1n) is 23.3. The van der Waals surface area contributed by atoms with Gasteiger partial charge in [-0.05, 0) is 166 Å². The van der Waals surface area contributed by atoms with Crippen molar-refractivity contribution >= 4 is 23.4 Å². The molecule has 4 heteroatoms. The summed E-state index contributed by atoms with van der Waals surface area (Å²) in [6.45, 7) is 16.7. The van der Waals surface area contributed by atoms with E-state index >= 15 is 0 Å². The maximum atomic E-state index is 10.5. The number of nitrogens with zero attached hydrogens (tertiary/aromatic N) is 2. The monoisotopic (exact) mass is 904 g/mol. The van der Waals surface area contributed by atoms with Crippen molar-refractivity contribution in [1.82, 2.24) is 0 Å². The molecule has 0 saturated carbocycles. The van der Waals surface area contributed by atoms with Gasteiger partial charge in [0.1, 0.15) is 11.5 Å². The van der Waals surface area contributed by atoms with Crippen LogP contribution in [0.3, 0.4) is 0 Å². The van der Waals surface area contributed by atoms with Crippen LogP contribution in [-0.2, 0) is 0 Å². The first kappa shape index (κ1) is 46.2. The van der Waals surface area contributed by atoms with Crippen LogP contribution in [0.1, 0.15) is 44.5 Å². The largest absolute Gasteiger partial charge is 0.496 e. The zero-order chi connectivity index (χ0) is 48.7. The Morgan fingerprint density at radius 1 is 0.386 bits per heavy atom. The summed E-state index contributed by atoms with van der Waals surface area (Å²) in [6, 6.07) is 70.4. The molecule has 0 fully saturated rings. The molecular weight excluding hydrogens is 853 g/mol. The van der Waals surface area contributed by atoms with Crippen LogP contribution in [0.4, 0.5) is 0 Å². The number of benzene rings is 9. The lowest BCUT2D eigenvalue weighted by Crippen LogP contribution is -1.94. The van der Waals surface area contributed by atoms with Gasteiger partial charge in [-0.2, -0.15) is 5.26 Å². The van der Waals surface area contributed by atoms with Crippen LogP contribution in [0.2, 0.25) is 0 Å². The number of hydrogen-bond donors (Lipinski definition) is 0. The minimum atomic E-state index is 0.456. The average molecular weight is 905 g/mol. The van der Waals surface area contributed by atoms with Gasteiger partial charge in [0.05, 0.1) is 32.4 Å². The molecule has 0 aliphatic rings. The Morgan fingerprint density at radius 2 is 0.657 bits per heavy atom. The third kappa shape index (κ3) is 10.3. The Balaban J connectivity index is 1.00. The number of methoxy groups -OCH3 is 2. The minimum Gasteiger partial charge on any atom is -0.496 e. The molecule has 70 heavy (non-hydrogen) atoms. The SMILES string of the molecule is [C-]#[N+]/C(=C\c1cc(OC)c(/C=C(\C#N)c2ccc(-c3cc(-c4ccc(C)cc4)cc(-c4ccc(C)cc4)c3)cc2)cc1OC)c1ccc(-c2cc(-c3ccc(C)cc3)cc(-c3ccc(C)cc3)c2)cc1. The smallest absolute Gasteiger partial charge is 0.195 e. The lowest BCUT2D eigenvalue weighted by molar-refractivity contribution is 0.401. The van der Waals surface area contributed by atoms with E-state index in [2.05, 4.69) is 196 Å². The van der Waals surface area contributed by atoms with E-state index in [0.29, 0.717) is 33.9 Å². The van der Waals surface area contributed by atoms with Gasteiger partial charge in [0.15, 0.2) is 5.70 Å². The van der Waals surface area contributed by atoms with Crippen LogP contribution in [0.25, 0.3) is 95.0 Å². The number of allylic oxidation sites excluding steroid dienone is 1. The Morgan fingerprint density at radius 3 is 0.929 bits per heavy atom. The van der Waals surface area contributed by atoms with E-state index < -0.39 is 0 Å². The number of rotatable bonds is 12. The van der Waals surface area contributed by atoms with Crippen molar-refractivity contribution in [2.75, 3.05) is 14.2 Å². The van der Waals surface area contributed by atoms with Crippen LogP contribution in [0, 0.1) is 45.6 Å². The summed E-state index contributed by atoms with van der Waals surface area (Å²) < 4.78 is 11.8. The van der Waals surface area contributed by atoms with Gasteiger partial charge in [-0.15, -0.1) is 0 Å². The summed E-state index contributed by atoms with van der Waals surface area (Å²) in [5.41, 5.74) is 22.2. The Labute approximate surface area is 412 Å². The van der Waals surface area contributed by atoms with Gasteiger partial charge in [-0.3, -0.25) is 0 Å². The van der Waals surface area contributed by atoms with Crippen molar-refractivity contribution in [3.05, 3.63) is 250 Å². The second-order valence-corrected chi connectivity index (χ2v) is 17.9. The fourth-order valence-electron chi connectivity index (χ4n) is 8.75. The normalized spacial score (nSPS) is 11.4. The standard InChI is InChI=1S/C66H52N2O2/c1-43-8-16-47(17-9-43)55-32-56(48-18-10-44(2)11-19-48)35-59(34-55)51-24-26-53(27-25-51)63(42-67)38-61-40-66(70-7)62(41-65(61)69-6)39-64(68-5)54-30-28-52(29-31-54)60-36-57(49-20-12-45(3)13-21-49)33-58(37-60)50-22-14-46(4)15-23-50/h8-41H,1-4,6-7H3/b63-38+,64-39-. The van der Waals surface area contributed by atoms with Crippen molar-refractivity contribution in [2.24, 2.45) is 0 Å². The molecule has 9 aromatic carbocycles. The number of aryl methyl sites for hydroxylation is 4. The Kier molecular flexibility index (Phi) is 13.5. The maximum Gasteiger partial charge on any atom is 0.195 e. The molecule has 0 heterocycles. The summed E-state index contributed by atoms with van der Waals surface area (Å²) in [5.74, 6) is 1.09. The predicted molar refractivity (Wildman–Crippen MR) is 292 cm³/mol. The van der Waals surface area contributed by atoms with Crippen molar-refractivity contribution in [2.45, 2.75) is 27.7 Å². The molecule has 0 aliphatic carbocycles. The molecule has 0 aliphatic heterocycles. The highest BCUT2D eigenvalue weighted by atomic mass is 16.5. The minimum absolute atomic E-state index is 0.456. The van der Waals surface area contributed by atoms with Crippen LogP contribution in [0.15, 0.2) is 194 Å². The van der Waals surface area contributed by atoms with Gasteiger partial charge >= 0.3 is 0 Å². The summed E-state index contributed by atoms with van der Waals surface area (Å²) in [7, 11) is 3.21. The molecule has 9 aromatic rings. The van der Waals surface area contributed by atoms with Crippen LogP contribution >= 0.6 is 0 Å². The molecule has 0 atom stereocenters. The predicted octanol–water partition coefficient (Wildman–Crippen LogP) is 17.4. The van der Waals surface area contributed by atoms with Gasteiger partial charge in [-0.25, -0.2) is 4.85 Å². The summed E-state index contributed by atoms with van der Waals surface area (Å²) in [4.78, 5) is 3.97. The fraction of sp³-hybridized carbons (Fsp3) is 0.0909. The van der Waals surface area contributed by atoms with E-state index in [1.54, 1.807) is 14.2 Å². The first-order chi connectivity index (χ1) is 34.1. The van der Waals surface area contributed by atoms with Gasteiger partial charge in [-0.1, -0.05) is 168 Å². The Bertz CT molecular complexity index is 3130. The van der Waals surface area contributed by atoms with E-state index in [-0.39, 0.29) is 0 Å². The topological polar surface area (TPSA) is 46.6 Å². The van der Waals surface area contributed by atoms with Crippen molar-refractivity contribution in [3.8, 4) is 84.3 Å². The van der Waals surface area contributed by atoms with E-state index in [9.17, 15) is 5.26 Å². The maximum absolute atomic E-state index is 10.5. The van der Waals surface area contributed by atoms with Crippen molar-refractivity contribution in [1.29, 1.82) is 5.26 Å². The molecule has 0 bridgehead atoms. The summed E-state index contributed by atoms with van der Waals surface area (Å²) in [6.07, 6.45) is 3.65. The molecule has 0 unspecified atom stereocenters. The highest BCUT2D eigenvalue weighted by Crippen LogP contribution is 2.38. The number of ether oxygens (including phenoxy) is 2. The van der Waals surface area contributed by atoms with Gasteiger partial charge in [0.2, 0.25) is 0 Å². The molecule has 4 nitrogen and oxygen atoms in total. The number of nitriles is 1. The van der Waals surface area contributed by atoms with Gasteiger partial charge < -0.3 is 9.47 Å². The first-order valence-corrected chi connectivity index (χ1v) is 23.3. The molecule has 338 valence electrons. The zero-order valence-electron chi connectivity index (χ0n) is 40.3. The molecular formula is C66H52N2O2. The Hall–Kier alpha value is -8.96. The van der Waals surface area contributed by atoms with Crippen LogP contribution in [0.5, 0.6) is 11.5 Å². The average Bonchev–Trinajstić information content (AvgIpc) is 3.40. The highest BCUT2D eigenvalue weighted by Gasteiger charge is 2.15. The lowest BCUT2D eigenvalue weighted by atomic mass is 9.92. The molecule has 0 spiro atoms. The quantitative estimate of drug-likeness (QED) is 0.0697. The van der Waals surface area contributed by atoms with Gasteiger partial charge in [0, 0.05) is 11.1 Å². The second kappa shape index (κ2) is 20.5. The summed E-state index contributed by atoms with van der Waals surface area (Å²) >= 11 is 0. The molecule has 0 amide bonds. The van der Waals surface area contributed by atoms with Crippen molar-refractivity contribution < 1.29 is 9.47 Å². The molecule has 0 saturated heterocycles. The third-order valence-corrected chi connectivity index (χ3v) is 12.9. The molecule has 0 radical (unpaired) electrons. The molecule has 0 aromatic heterocycles. The highest BCUT2D eigenvalue weighted by molar-refractivity contribution is 5.93. The van der Waals surface area contributed by atoms with E-state index in [1.807, 2.05) is 48.6 Å². The summed E-state index contributed by atoms with van der Waals surface area (Å²) in [5, 5.41) is 10.5. The van der Waals surface area contributed by atoms with Crippen molar-refractivity contribution in [3.63, 3.8) is 0 Å².